The second-order valence-electron chi connectivity index (χ2n) is 10.0. The van der Waals surface area contributed by atoms with E-state index >= 15 is 0 Å². The Balaban J connectivity index is 1.77. The van der Waals surface area contributed by atoms with E-state index in [1.165, 1.54) is 0 Å². The fourth-order valence-electron chi connectivity index (χ4n) is 5.29. The number of terminal acetylenes is 1. The maximum absolute atomic E-state index is 14.2. The zero-order chi connectivity index (χ0) is 29.1. The largest absolute Gasteiger partial charge is 0.451 e. The van der Waals surface area contributed by atoms with Crippen molar-refractivity contribution in [2.45, 2.75) is 52.4 Å². The third-order valence-corrected chi connectivity index (χ3v) is 7.11. The molecule has 11 heteroatoms. The summed E-state index contributed by atoms with van der Waals surface area (Å²) in [5.41, 5.74) is 6.53. The van der Waals surface area contributed by atoms with Gasteiger partial charge in [-0.2, -0.15) is 4.98 Å². The maximum atomic E-state index is 14.2. The molecule has 41 heavy (non-hydrogen) atoms. The van der Waals surface area contributed by atoms with E-state index in [4.69, 9.17) is 21.9 Å². The Labute approximate surface area is 236 Å². The summed E-state index contributed by atoms with van der Waals surface area (Å²) in [4.78, 5) is 52.2. The van der Waals surface area contributed by atoms with Crippen molar-refractivity contribution >= 4 is 33.9 Å². The number of esters is 1. The van der Waals surface area contributed by atoms with Crippen molar-refractivity contribution in [2.75, 3.05) is 24.6 Å². The number of aryl methyl sites for hydroxylation is 1. The monoisotopic (exact) mass is 553 g/mol. The molecule has 1 fully saturated rings. The first-order valence-corrected chi connectivity index (χ1v) is 13.4. The van der Waals surface area contributed by atoms with Gasteiger partial charge in [0.15, 0.2) is 17.8 Å². The van der Waals surface area contributed by atoms with Crippen molar-refractivity contribution in [2.24, 2.45) is 5.73 Å². The molecule has 0 amide bonds. The SMILES string of the molecule is C#CCOC(=O)Cn1c(=O)n(Cc2nc(C)cc3ccccc23)c(=O)c2c1nc(N1CCCC(N)C1)n2CC#CC. The molecule has 0 bridgehead atoms. The van der Waals surface area contributed by atoms with Gasteiger partial charge in [0.2, 0.25) is 5.95 Å². The van der Waals surface area contributed by atoms with E-state index in [0.717, 1.165) is 38.4 Å². The lowest BCUT2D eigenvalue weighted by Crippen LogP contribution is -2.44. The normalized spacial score (nSPS) is 15.0. The number of nitrogens with zero attached hydrogens (tertiary/aromatic N) is 6. The van der Waals surface area contributed by atoms with E-state index < -0.39 is 23.8 Å². The van der Waals surface area contributed by atoms with E-state index in [1.807, 2.05) is 42.2 Å². The summed E-state index contributed by atoms with van der Waals surface area (Å²) in [7, 11) is 0. The highest BCUT2D eigenvalue weighted by Gasteiger charge is 2.28. The maximum Gasteiger partial charge on any atom is 0.333 e. The van der Waals surface area contributed by atoms with Crippen molar-refractivity contribution < 1.29 is 9.53 Å². The van der Waals surface area contributed by atoms with Crippen LogP contribution in [-0.2, 0) is 29.2 Å². The Morgan fingerprint density at radius 1 is 1.20 bits per heavy atom. The standard InChI is InChI=1S/C30H31N7O4/c1-4-6-14-35-26-27(33-29(35)34-13-9-11-22(31)17-34)36(19-25(38)41-15-5-2)30(40)37(28(26)39)18-24-23-12-8-7-10-21(23)16-20(3)32-24/h2,7-8,10,12,16,22H,9,11,13-15,17-19,31H2,1,3H3. The van der Waals surface area contributed by atoms with Crippen LogP contribution in [0.15, 0.2) is 39.9 Å². The van der Waals surface area contributed by atoms with Crippen LogP contribution in [-0.4, -0.2) is 55.4 Å². The Morgan fingerprint density at radius 2 is 2.00 bits per heavy atom. The average Bonchev–Trinajstić information content (AvgIpc) is 3.34. The molecule has 11 nitrogen and oxygen atoms in total. The van der Waals surface area contributed by atoms with Gasteiger partial charge >= 0.3 is 11.7 Å². The van der Waals surface area contributed by atoms with E-state index in [2.05, 4.69) is 22.7 Å². The molecule has 0 aliphatic carbocycles. The van der Waals surface area contributed by atoms with Crippen LogP contribution in [0.2, 0.25) is 0 Å². The van der Waals surface area contributed by atoms with Crippen LogP contribution >= 0.6 is 0 Å². The molecule has 3 aromatic heterocycles. The molecular formula is C30H31N7O4. The van der Waals surface area contributed by atoms with Crippen LogP contribution in [0, 0.1) is 31.1 Å². The number of carbonyl (C=O) groups excluding carboxylic acids is 1. The molecule has 0 radical (unpaired) electrons. The van der Waals surface area contributed by atoms with Gasteiger partial charge in [-0.3, -0.25) is 28.3 Å². The molecule has 1 saturated heterocycles. The van der Waals surface area contributed by atoms with E-state index in [-0.39, 0.29) is 36.9 Å². The second-order valence-corrected chi connectivity index (χ2v) is 10.0. The number of fused-ring (bicyclic) bond motifs is 2. The molecule has 1 aliphatic heterocycles. The smallest absolute Gasteiger partial charge is 0.333 e. The van der Waals surface area contributed by atoms with E-state index in [1.54, 1.807) is 11.5 Å². The van der Waals surface area contributed by atoms with Crippen molar-refractivity contribution in [1.82, 2.24) is 23.7 Å². The summed E-state index contributed by atoms with van der Waals surface area (Å²) in [5, 5.41) is 1.76. The van der Waals surface area contributed by atoms with Gasteiger partial charge in [-0.05, 0) is 38.1 Å². The third kappa shape index (κ3) is 5.45. The number of hydrogen-bond donors (Lipinski definition) is 1. The molecule has 0 spiro atoms. The van der Waals surface area contributed by atoms with Gasteiger partial charge in [-0.25, -0.2) is 4.79 Å². The van der Waals surface area contributed by atoms with E-state index in [9.17, 15) is 14.4 Å². The quantitative estimate of drug-likeness (QED) is 0.269. The van der Waals surface area contributed by atoms with E-state index in [0.29, 0.717) is 24.7 Å². The number of rotatable bonds is 7. The second kappa shape index (κ2) is 11.7. The highest BCUT2D eigenvalue weighted by Crippen LogP contribution is 2.24. The zero-order valence-electron chi connectivity index (χ0n) is 23.1. The Kier molecular flexibility index (Phi) is 7.90. The fraction of sp³-hybridized carbons (Fsp3) is 0.367. The number of ether oxygens (including phenoxy) is 1. The number of pyridine rings is 1. The number of aromatic nitrogens is 5. The molecule has 210 valence electrons. The van der Waals surface area contributed by atoms with Crippen molar-refractivity contribution in [3.8, 4) is 24.2 Å². The Hall–Kier alpha value is -4.87. The number of nitrogens with two attached hydrogens (primary N) is 1. The summed E-state index contributed by atoms with van der Waals surface area (Å²) in [6.07, 6.45) is 6.98. The number of imidazole rings is 1. The van der Waals surface area contributed by atoms with Crippen LogP contribution < -0.4 is 21.9 Å². The first kappa shape index (κ1) is 27.7. The molecule has 1 aromatic carbocycles. The topological polar surface area (TPSA) is 130 Å². The average molecular weight is 554 g/mol. The van der Waals surface area contributed by atoms with Gasteiger partial charge in [-0.1, -0.05) is 36.1 Å². The van der Waals surface area contributed by atoms with Crippen LogP contribution in [0.1, 0.15) is 31.2 Å². The minimum Gasteiger partial charge on any atom is -0.451 e. The summed E-state index contributed by atoms with van der Waals surface area (Å²) >= 11 is 0. The van der Waals surface area contributed by atoms with Crippen molar-refractivity contribution in [3.05, 3.63) is 62.6 Å². The molecular weight excluding hydrogens is 522 g/mol. The Bertz CT molecular complexity index is 1870. The molecule has 1 unspecified atom stereocenters. The number of piperidine rings is 1. The van der Waals surface area contributed by atoms with Crippen LogP contribution in [0.25, 0.3) is 21.9 Å². The van der Waals surface area contributed by atoms with Gasteiger partial charge in [-0.15, -0.1) is 12.3 Å². The lowest BCUT2D eigenvalue weighted by molar-refractivity contribution is -0.142. The molecule has 1 aliphatic rings. The molecule has 2 N–H and O–H groups in total. The molecule has 5 rings (SSSR count). The minimum atomic E-state index is -0.722. The Morgan fingerprint density at radius 3 is 2.76 bits per heavy atom. The molecule has 4 heterocycles. The summed E-state index contributed by atoms with van der Waals surface area (Å²) in [5.74, 6) is 7.88. The first-order chi connectivity index (χ1) is 19.8. The van der Waals surface area contributed by atoms with Crippen LogP contribution in [0.4, 0.5) is 5.95 Å². The molecule has 0 saturated carbocycles. The van der Waals surface area contributed by atoms with Gasteiger partial charge in [0.25, 0.3) is 5.56 Å². The first-order valence-electron chi connectivity index (χ1n) is 13.4. The molecule has 1 atom stereocenters. The number of carbonyl (C=O) groups is 1. The number of benzene rings is 1. The predicted molar refractivity (Wildman–Crippen MR) is 156 cm³/mol. The van der Waals surface area contributed by atoms with Gasteiger partial charge < -0.3 is 15.4 Å². The predicted octanol–water partition coefficient (Wildman–Crippen LogP) is 1.39. The summed E-state index contributed by atoms with van der Waals surface area (Å²) in [6.45, 7) is 4.11. The van der Waals surface area contributed by atoms with Gasteiger partial charge in [0, 0.05) is 30.2 Å². The van der Waals surface area contributed by atoms with Gasteiger partial charge in [0.1, 0.15) is 6.54 Å². The molecule has 4 aromatic rings. The highest BCUT2D eigenvalue weighted by atomic mass is 16.5. The third-order valence-electron chi connectivity index (χ3n) is 7.11. The number of hydrogen-bond acceptors (Lipinski definition) is 8. The zero-order valence-corrected chi connectivity index (χ0v) is 23.1. The highest BCUT2D eigenvalue weighted by molar-refractivity contribution is 5.85. The van der Waals surface area contributed by atoms with Crippen molar-refractivity contribution in [3.63, 3.8) is 0 Å². The summed E-state index contributed by atoms with van der Waals surface area (Å²) < 4.78 is 9.03. The van der Waals surface area contributed by atoms with Crippen molar-refractivity contribution in [1.29, 1.82) is 0 Å². The van der Waals surface area contributed by atoms with Gasteiger partial charge in [0.05, 0.1) is 18.8 Å². The minimum absolute atomic E-state index is 0.0625. The lowest BCUT2D eigenvalue weighted by atomic mass is 10.1. The summed E-state index contributed by atoms with van der Waals surface area (Å²) in [6, 6.07) is 9.52. The van der Waals surface area contributed by atoms with Crippen LogP contribution in [0.3, 0.4) is 0 Å². The number of anilines is 1. The fourth-order valence-corrected chi connectivity index (χ4v) is 5.29. The lowest BCUT2D eigenvalue weighted by Gasteiger charge is -2.31. The van der Waals surface area contributed by atoms with Crippen LogP contribution in [0.5, 0.6) is 0 Å².